The first kappa shape index (κ1) is 22.3. The molecule has 2 saturated heterocycles. The van der Waals surface area contributed by atoms with Gasteiger partial charge in [-0.2, -0.15) is 0 Å². The van der Waals surface area contributed by atoms with Gasteiger partial charge in [0.1, 0.15) is 5.92 Å². The minimum atomic E-state index is -0.574. The molecule has 2 heterocycles. The second kappa shape index (κ2) is 9.97. The number of anilines is 1. The number of hydrogen-bond acceptors (Lipinski definition) is 3. The molecule has 27 heavy (non-hydrogen) atoms. The van der Waals surface area contributed by atoms with E-state index >= 15 is 0 Å². The van der Waals surface area contributed by atoms with Gasteiger partial charge in [-0.05, 0) is 56.5 Å². The monoisotopic (exact) mass is 433 g/mol. The van der Waals surface area contributed by atoms with E-state index in [2.05, 4.69) is 12.2 Å². The van der Waals surface area contributed by atoms with Gasteiger partial charge in [0.05, 0.1) is 10.0 Å². The summed E-state index contributed by atoms with van der Waals surface area (Å²) in [5.41, 5.74) is 0.698. The van der Waals surface area contributed by atoms with Gasteiger partial charge >= 0.3 is 0 Å². The third-order valence-electron chi connectivity index (χ3n) is 5.33. The summed E-state index contributed by atoms with van der Waals surface area (Å²) in [4.78, 5) is 29.1. The Balaban J connectivity index is 0.00000261. The number of likely N-dealkylation sites (tertiary alicyclic amines) is 1. The van der Waals surface area contributed by atoms with E-state index in [0.717, 1.165) is 39.0 Å². The van der Waals surface area contributed by atoms with Crippen molar-refractivity contribution in [3.63, 3.8) is 0 Å². The molecular weight excluding hydrogens is 409 g/mol. The van der Waals surface area contributed by atoms with Gasteiger partial charge in [-0.15, -0.1) is 12.4 Å². The molecule has 0 aromatic heterocycles. The lowest BCUT2D eigenvalue weighted by Crippen LogP contribution is -2.45. The number of rotatable bonds is 5. The first-order valence-electron chi connectivity index (χ1n) is 9.27. The molecule has 2 fully saturated rings. The van der Waals surface area contributed by atoms with Gasteiger partial charge in [-0.1, -0.05) is 30.1 Å². The highest BCUT2D eigenvalue weighted by molar-refractivity contribution is 6.42. The van der Waals surface area contributed by atoms with Crippen molar-refractivity contribution in [1.82, 2.24) is 10.2 Å². The summed E-state index contributed by atoms with van der Waals surface area (Å²) in [6.07, 6.45) is 2.54. The number of nitrogens with one attached hydrogen (secondary N) is 1. The zero-order chi connectivity index (χ0) is 18.7. The highest BCUT2D eigenvalue weighted by Gasteiger charge is 2.40. The standard InChI is InChI=1S/C19H25Cl2N3O2.ClH/c1-2-22-12-13-5-8-23(9-6-13)18(25)15-7-10-24(19(15)26)14-3-4-16(20)17(21)11-14;/h3-4,11,13,15,22H,2,5-10,12H2,1H3;1H. The molecule has 8 heteroatoms. The van der Waals surface area contributed by atoms with Crippen LogP contribution in [0.3, 0.4) is 0 Å². The molecule has 1 unspecified atom stereocenters. The first-order chi connectivity index (χ1) is 12.5. The summed E-state index contributed by atoms with van der Waals surface area (Å²) in [5.74, 6) is -0.122. The number of nitrogens with zero attached hydrogens (tertiary/aromatic N) is 2. The fourth-order valence-corrected chi connectivity index (χ4v) is 4.04. The molecule has 2 aliphatic rings. The van der Waals surface area contributed by atoms with Crippen LogP contribution in [-0.4, -0.2) is 49.4 Å². The smallest absolute Gasteiger partial charge is 0.239 e. The van der Waals surface area contributed by atoms with Crippen LogP contribution >= 0.6 is 35.6 Å². The van der Waals surface area contributed by atoms with Crippen molar-refractivity contribution in [2.24, 2.45) is 11.8 Å². The third kappa shape index (κ3) is 5.08. The predicted octanol–water partition coefficient (Wildman–Crippen LogP) is 3.62. The van der Waals surface area contributed by atoms with Crippen LogP contribution in [0.15, 0.2) is 18.2 Å². The largest absolute Gasteiger partial charge is 0.342 e. The van der Waals surface area contributed by atoms with Crippen LogP contribution in [0.1, 0.15) is 26.2 Å². The molecule has 3 rings (SSSR count). The van der Waals surface area contributed by atoms with Crippen molar-refractivity contribution in [3.8, 4) is 0 Å². The maximum atomic E-state index is 12.8. The van der Waals surface area contributed by atoms with E-state index < -0.39 is 5.92 Å². The first-order valence-corrected chi connectivity index (χ1v) is 10.0. The molecule has 0 saturated carbocycles. The zero-order valence-electron chi connectivity index (χ0n) is 15.4. The molecule has 2 aliphatic heterocycles. The summed E-state index contributed by atoms with van der Waals surface area (Å²) in [6.45, 7) is 6.09. The highest BCUT2D eigenvalue weighted by atomic mass is 35.5. The number of hydrogen-bond donors (Lipinski definition) is 1. The van der Waals surface area contributed by atoms with E-state index in [-0.39, 0.29) is 24.2 Å². The van der Waals surface area contributed by atoms with Crippen LogP contribution < -0.4 is 10.2 Å². The molecule has 1 aromatic carbocycles. The van der Waals surface area contributed by atoms with Crippen molar-refractivity contribution >= 4 is 53.1 Å². The number of carbonyl (C=O) groups excluding carboxylic acids is 2. The van der Waals surface area contributed by atoms with Crippen LogP contribution in [0.4, 0.5) is 5.69 Å². The molecule has 150 valence electrons. The van der Waals surface area contributed by atoms with Gasteiger partial charge in [0, 0.05) is 25.3 Å². The van der Waals surface area contributed by atoms with Crippen LogP contribution in [-0.2, 0) is 9.59 Å². The fraction of sp³-hybridized carbons (Fsp3) is 0.579. The SMILES string of the molecule is CCNCC1CCN(C(=O)C2CCN(c3ccc(Cl)c(Cl)c3)C2=O)CC1.Cl. The van der Waals surface area contributed by atoms with Gasteiger partial charge in [0.25, 0.3) is 0 Å². The molecule has 1 aromatic rings. The molecule has 0 spiro atoms. The van der Waals surface area contributed by atoms with Gasteiger partial charge in [-0.25, -0.2) is 0 Å². The molecule has 0 bridgehead atoms. The highest BCUT2D eigenvalue weighted by Crippen LogP contribution is 2.32. The Labute approximate surface area is 176 Å². The second-order valence-electron chi connectivity index (χ2n) is 7.01. The van der Waals surface area contributed by atoms with Crippen LogP contribution in [0.25, 0.3) is 0 Å². The van der Waals surface area contributed by atoms with Crippen molar-refractivity contribution in [1.29, 1.82) is 0 Å². The van der Waals surface area contributed by atoms with Gasteiger partial charge < -0.3 is 15.1 Å². The van der Waals surface area contributed by atoms with E-state index in [4.69, 9.17) is 23.2 Å². The van der Waals surface area contributed by atoms with Gasteiger partial charge in [0.2, 0.25) is 11.8 Å². The Kier molecular flexibility index (Phi) is 8.22. The summed E-state index contributed by atoms with van der Waals surface area (Å²) in [5, 5.41) is 4.24. The molecule has 0 radical (unpaired) electrons. The Bertz CT molecular complexity index is 678. The lowest BCUT2D eigenvalue weighted by molar-refractivity contribution is -0.141. The minimum absolute atomic E-state index is 0. The van der Waals surface area contributed by atoms with Crippen molar-refractivity contribution in [3.05, 3.63) is 28.2 Å². The van der Waals surface area contributed by atoms with Crippen molar-refractivity contribution in [2.75, 3.05) is 37.6 Å². The normalized spacial score (nSPS) is 20.7. The average Bonchev–Trinajstić information content (AvgIpc) is 3.03. The van der Waals surface area contributed by atoms with Gasteiger partial charge in [-0.3, -0.25) is 9.59 Å². The maximum Gasteiger partial charge on any atom is 0.239 e. The summed E-state index contributed by atoms with van der Waals surface area (Å²) in [6, 6.07) is 5.13. The third-order valence-corrected chi connectivity index (χ3v) is 6.07. The Morgan fingerprint density at radius 2 is 1.85 bits per heavy atom. The summed E-state index contributed by atoms with van der Waals surface area (Å²) in [7, 11) is 0. The van der Waals surface area contributed by atoms with Crippen molar-refractivity contribution in [2.45, 2.75) is 26.2 Å². The Hall–Kier alpha value is -1.01. The van der Waals surface area contributed by atoms with E-state index in [1.165, 1.54) is 0 Å². The molecule has 0 aliphatic carbocycles. The van der Waals surface area contributed by atoms with E-state index in [0.29, 0.717) is 34.6 Å². The Morgan fingerprint density at radius 3 is 2.48 bits per heavy atom. The van der Waals surface area contributed by atoms with Gasteiger partial charge in [0.15, 0.2) is 0 Å². The lowest BCUT2D eigenvalue weighted by atomic mass is 9.95. The van der Waals surface area contributed by atoms with E-state index in [9.17, 15) is 9.59 Å². The predicted molar refractivity (Wildman–Crippen MR) is 112 cm³/mol. The van der Waals surface area contributed by atoms with Crippen LogP contribution in [0.5, 0.6) is 0 Å². The number of carbonyl (C=O) groups is 2. The quantitative estimate of drug-likeness (QED) is 0.720. The van der Waals surface area contributed by atoms with E-state index in [1.807, 2.05) is 4.90 Å². The average molecular weight is 435 g/mol. The zero-order valence-corrected chi connectivity index (χ0v) is 17.7. The Morgan fingerprint density at radius 1 is 1.15 bits per heavy atom. The van der Waals surface area contributed by atoms with Crippen molar-refractivity contribution < 1.29 is 9.59 Å². The fourth-order valence-electron chi connectivity index (χ4n) is 3.74. The number of benzene rings is 1. The van der Waals surface area contributed by atoms with E-state index in [1.54, 1.807) is 23.1 Å². The number of piperidine rings is 1. The molecule has 5 nitrogen and oxygen atoms in total. The van der Waals surface area contributed by atoms with Crippen LogP contribution in [0, 0.1) is 11.8 Å². The molecule has 2 amide bonds. The summed E-state index contributed by atoms with van der Waals surface area (Å²) >= 11 is 12.0. The minimum Gasteiger partial charge on any atom is -0.342 e. The maximum absolute atomic E-state index is 12.8. The molecule has 1 N–H and O–H groups in total. The molecule has 1 atom stereocenters. The number of amides is 2. The molecular formula is C19H26Cl3N3O2. The lowest BCUT2D eigenvalue weighted by Gasteiger charge is -2.33. The second-order valence-corrected chi connectivity index (χ2v) is 7.82. The summed E-state index contributed by atoms with van der Waals surface area (Å²) < 4.78 is 0. The number of halogens is 3. The topological polar surface area (TPSA) is 52.7 Å². The van der Waals surface area contributed by atoms with Crippen LogP contribution in [0.2, 0.25) is 10.0 Å².